The second-order valence-corrected chi connectivity index (χ2v) is 4.94. The normalized spacial score (nSPS) is 22.3. The van der Waals surface area contributed by atoms with Crippen LogP contribution in [0.25, 0.3) is 0 Å². The first-order valence-electron chi connectivity index (χ1n) is 6.48. The zero-order chi connectivity index (χ0) is 15.6. The lowest BCUT2D eigenvalue weighted by Crippen LogP contribution is -2.30. The number of nitrogens with zero attached hydrogens (tertiary/aromatic N) is 1. The van der Waals surface area contributed by atoms with Gasteiger partial charge in [-0.1, -0.05) is 0 Å². The number of hydrogen-bond acceptors (Lipinski definition) is 4. The lowest BCUT2D eigenvalue weighted by Gasteiger charge is -2.23. The molecule has 0 spiro atoms. The maximum atomic E-state index is 13.1. The molecule has 1 aliphatic carbocycles. The SMILES string of the molecule is COC1CCCC1Nc1ccc([N+](=O)[O-])cc1C(F)(F)F. The van der Waals surface area contributed by atoms with E-state index in [2.05, 4.69) is 5.32 Å². The van der Waals surface area contributed by atoms with E-state index in [4.69, 9.17) is 4.74 Å². The van der Waals surface area contributed by atoms with Crippen molar-refractivity contribution in [1.29, 1.82) is 0 Å². The van der Waals surface area contributed by atoms with Gasteiger partial charge < -0.3 is 10.1 Å². The Kier molecular flexibility index (Phi) is 4.36. The van der Waals surface area contributed by atoms with Crippen LogP contribution in [0.2, 0.25) is 0 Å². The van der Waals surface area contributed by atoms with Crippen molar-refractivity contribution in [2.24, 2.45) is 0 Å². The van der Waals surface area contributed by atoms with E-state index in [0.717, 1.165) is 25.0 Å². The van der Waals surface area contributed by atoms with Gasteiger partial charge in [0.1, 0.15) is 0 Å². The molecule has 5 nitrogen and oxygen atoms in total. The summed E-state index contributed by atoms with van der Waals surface area (Å²) in [6, 6.07) is 2.50. The van der Waals surface area contributed by atoms with Crippen LogP contribution in [-0.2, 0) is 10.9 Å². The third kappa shape index (κ3) is 3.44. The minimum atomic E-state index is -4.66. The van der Waals surface area contributed by atoms with Crippen LogP contribution in [0.4, 0.5) is 24.5 Å². The highest BCUT2D eigenvalue weighted by Crippen LogP contribution is 2.38. The molecule has 0 radical (unpaired) electrons. The van der Waals surface area contributed by atoms with Gasteiger partial charge in [0.05, 0.1) is 22.6 Å². The number of alkyl halides is 3. The Balaban J connectivity index is 2.32. The summed E-state index contributed by atoms with van der Waals surface area (Å²) in [5, 5.41) is 13.4. The molecular weight excluding hydrogens is 289 g/mol. The Labute approximate surface area is 119 Å². The maximum absolute atomic E-state index is 13.1. The molecule has 0 amide bonds. The second-order valence-electron chi connectivity index (χ2n) is 4.94. The van der Waals surface area contributed by atoms with E-state index in [-0.39, 0.29) is 17.8 Å². The molecule has 1 saturated carbocycles. The molecule has 0 heterocycles. The number of ether oxygens (including phenoxy) is 1. The van der Waals surface area contributed by atoms with Crippen molar-refractivity contribution in [3.05, 3.63) is 33.9 Å². The molecule has 2 atom stereocenters. The van der Waals surface area contributed by atoms with Gasteiger partial charge in [0.15, 0.2) is 0 Å². The monoisotopic (exact) mass is 304 g/mol. The van der Waals surface area contributed by atoms with Crippen LogP contribution in [0.5, 0.6) is 0 Å². The fraction of sp³-hybridized carbons (Fsp3) is 0.538. The van der Waals surface area contributed by atoms with Crippen molar-refractivity contribution in [2.45, 2.75) is 37.6 Å². The zero-order valence-electron chi connectivity index (χ0n) is 11.3. The largest absolute Gasteiger partial charge is 0.418 e. The van der Waals surface area contributed by atoms with Crippen LogP contribution < -0.4 is 5.32 Å². The predicted molar refractivity (Wildman–Crippen MR) is 70.2 cm³/mol. The third-order valence-corrected chi connectivity index (χ3v) is 3.62. The van der Waals surface area contributed by atoms with Crippen molar-refractivity contribution in [1.82, 2.24) is 0 Å². The number of nitro groups is 1. The van der Waals surface area contributed by atoms with Crippen LogP contribution in [0, 0.1) is 10.1 Å². The van der Waals surface area contributed by atoms with Crippen LogP contribution in [0.3, 0.4) is 0 Å². The van der Waals surface area contributed by atoms with Gasteiger partial charge in [-0.05, 0) is 25.3 Å². The highest BCUT2D eigenvalue weighted by Gasteiger charge is 2.37. The standard InChI is InChI=1S/C13H15F3N2O3/c1-21-12-4-2-3-11(12)17-10-6-5-8(18(19)20)7-9(10)13(14,15)16/h5-7,11-12,17H,2-4H2,1H3. The van der Waals surface area contributed by atoms with Crippen molar-refractivity contribution in [2.75, 3.05) is 12.4 Å². The topological polar surface area (TPSA) is 64.4 Å². The van der Waals surface area contributed by atoms with E-state index in [1.165, 1.54) is 7.11 Å². The van der Waals surface area contributed by atoms with Crippen molar-refractivity contribution in [3.8, 4) is 0 Å². The summed E-state index contributed by atoms with van der Waals surface area (Å²) in [5.74, 6) is 0. The van der Waals surface area contributed by atoms with Gasteiger partial charge in [-0.25, -0.2) is 0 Å². The van der Waals surface area contributed by atoms with Crippen molar-refractivity contribution < 1.29 is 22.8 Å². The van der Waals surface area contributed by atoms with Gasteiger partial charge in [-0.3, -0.25) is 10.1 Å². The number of anilines is 1. The van der Waals surface area contributed by atoms with Crippen LogP contribution in [0.1, 0.15) is 24.8 Å². The van der Waals surface area contributed by atoms with Crippen molar-refractivity contribution >= 4 is 11.4 Å². The summed E-state index contributed by atoms with van der Waals surface area (Å²) in [6.07, 6.45) is -2.46. The zero-order valence-corrected chi connectivity index (χ0v) is 11.3. The smallest absolute Gasteiger partial charge is 0.379 e. The highest BCUT2D eigenvalue weighted by molar-refractivity contribution is 5.58. The Bertz CT molecular complexity index is 534. The molecule has 0 aromatic heterocycles. The van der Waals surface area contributed by atoms with Crippen LogP contribution >= 0.6 is 0 Å². The molecule has 1 aromatic carbocycles. The third-order valence-electron chi connectivity index (χ3n) is 3.62. The summed E-state index contributed by atoms with van der Waals surface area (Å²) < 4.78 is 44.4. The average Bonchev–Trinajstić information content (AvgIpc) is 2.85. The number of methoxy groups -OCH3 is 1. The molecule has 0 bridgehead atoms. The summed E-state index contributed by atoms with van der Waals surface area (Å²) in [4.78, 5) is 9.79. The van der Waals surface area contributed by atoms with E-state index in [1.54, 1.807) is 0 Å². The lowest BCUT2D eigenvalue weighted by molar-refractivity contribution is -0.385. The van der Waals surface area contributed by atoms with Gasteiger partial charge >= 0.3 is 6.18 Å². The van der Waals surface area contributed by atoms with Gasteiger partial charge in [0.25, 0.3) is 5.69 Å². The molecule has 0 aliphatic heterocycles. The minimum Gasteiger partial charge on any atom is -0.379 e. The van der Waals surface area contributed by atoms with Crippen LogP contribution in [-0.4, -0.2) is 24.2 Å². The summed E-state index contributed by atoms with van der Waals surface area (Å²) in [7, 11) is 1.52. The molecule has 116 valence electrons. The fourth-order valence-electron chi connectivity index (χ4n) is 2.58. The van der Waals surface area contributed by atoms with Crippen LogP contribution in [0.15, 0.2) is 18.2 Å². The number of nitrogens with one attached hydrogen (secondary N) is 1. The second kappa shape index (κ2) is 5.88. The Morgan fingerprint density at radius 3 is 2.67 bits per heavy atom. The summed E-state index contributed by atoms with van der Waals surface area (Å²) in [6.45, 7) is 0. The maximum Gasteiger partial charge on any atom is 0.418 e. The summed E-state index contributed by atoms with van der Waals surface area (Å²) >= 11 is 0. The molecule has 2 rings (SSSR count). The molecule has 1 N–H and O–H groups in total. The predicted octanol–water partition coefficient (Wildman–Crippen LogP) is 3.59. The van der Waals surface area contributed by atoms with Gasteiger partial charge in [-0.2, -0.15) is 13.2 Å². The molecule has 2 unspecified atom stereocenters. The first-order valence-corrected chi connectivity index (χ1v) is 6.48. The lowest BCUT2D eigenvalue weighted by atomic mass is 10.1. The Morgan fingerprint density at radius 2 is 2.10 bits per heavy atom. The molecule has 0 saturated heterocycles. The summed E-state index contributed by atoms with van der Waals surface area (Å²) in [5.41, 5.74) is -1.76. The van der Waals surface area contributed by atoms with E-state index in [9.17, 15) is 23.3 Å². The first kappa shape index (κ1) is 15.6. The molecule has 21 heavy (non-hydrogen) atoms. The van der Waals surface area contributed by atoms with Gasteiger partial charge in [0, 0.05) is 24.9 Å². The highest BCUT2D eigenvalue weighted by atomic mass is 19.4. The average molecular weight is 304 g/mol. The number of benzene rings is 1. The molecular formula is C13H15F3N2O3. The number of rotatable bonds is 4. The fourth-order valence-corrected chi connectivity index (χ4v) is 2.58. The molecule has 1 aliphatic rings. The Hall–Kier alpha value is -1.83. The number of nitro benzene ring substituents is 1. The quantitative estimate of drug-likeness (QED) is 0.682. The number of halogens is 3. The number of hydrogen-bond donors (Lipinski definition) is 1. The van der Waals surface area contributed by atoms with E-state index < -0.39 is 22.4 Å². The molecule has 1 fully saturated rings. The number of non-ortho nitro benzene ring substituents is 1. The van der Waals surface area contributed by atoms with E-state index in [1.807, 2.05) is 0 Å². The van der Waals surface area contributed by atoms with Crippen molar-refractivity contribution in [3.63, 3.8) is 0 Å². The van der Waals surface area contributed by atoms with Gasteiger partial charge in [0.2, 0.25) is 0 Å². The molecule has 8 heteroatoms. The minimum absolute atomic E-state index is 0.151. The Morgan fingerprint density at radius 1 is 1.38 bits per heavy atom. The first-order chi connectivity index (χ1) is 9.82. The van der Waals surface area contributed by atoms with E-state index >= 15 is 0 Å². The van der Waals surface area contributed by atoms with E-state index in [0.29, 0.717) is 12.5 Å². The van der Waals surface area contributed by atoms with Gasteiger partial charge in [-0.15, -0.1) is 0 Å². The molecule has 1 aromatic rings.